The maximum absolute atomic E-state index is 8.90. The van der Waals surface area contributed by atoms with Gasteiger partial charge in [-0.05, 0) is 0 Å². The number of hydrogen-bond acceptors (Lipinski definition) is 3. The van der Waals surface area contributed by atoms with Crippen LogP contribution in [0.3, 0.4) is 0 Å². The molecule has 0 heterocycles. The molecule has 0 aromatic rings. The Hall–Kier alpha value is 0.620. The molecule has 0 bridgehead atoms. The molecular weight excluding hydrogens is 166 g/mol. The third-order valence-corrected chi connectivity index (χ3v) is 0.0781. The van der Waals surface area contributed by atoms with Crippen molar-refractivity contribution >= 4 is 29.2 Å². The molecule has 36 valence electrons. The molecule has 0 saturated carbocycles. The molecule has 0 amide bonds. The molecule has 0 aromatic heterocycles. The van der Waals surface area contributed by atoms with E-state index in [1.54, 1.807) is 0 Å². The van der Waals surface area contributed by atoms with Gasteiger partial charge in [0.05, 0.1) is 0 Å². The third kappa shape index (κ3) is 20.6. The van der Waals surface area contributed by atoms with E-state index in [0.29, 0.717) is 0 Å². The zero-order valence-electron chi connectivity index (χ0n) is 2.92. The summed E-state index contributed by atoms with van der Waals surface area (Å²) in [6.07, 6.45) is -1.69. The Kier molecular flexibility index (Phi) is 21.9. The van der Waals surface area contributed by atoms with E-state index in [4.69, 9.17) is 15.2 Å². The summed E-state index contributed by atoms with van der Waals surface area (Å²) in [4.78, 5) is 11.6. The second kappa shape index (κ2) is 9.80. The van der Waals surface area contributed by atoms with E-state index in [1.165, 1.54) is 0 Å². The van der Waals surface area contributed by atoms with Gasteiger partial charge >= 0.3 is 29.2 Å². The van der Waals surface area contributed by atoms with Gasteiger partial charge in [0.2, 0.25) is 0 Å². The van der Waals surface area contributed by atoms with Crippen LogP contribution < -0.4 is 0 Å². The fourth-order valence-corrected chi connectivity index (χ4v) is 0. The van der Waals surface area contributed by atoms with Gasteiger partial charge in [-0.25, -0.2) is 4.79 Å². The monoisotopic (exact) mass is 168 g/mol. The Balaban J connectivity index is -0.0000000800. The molecule has 0 aliphatic heterocycles. The van der Waals surface area contributed by atoms with Gasteiger partial charge in [-0.1, -0.05) is 0 Å². The topological polar surface area (TPSA) is 66.8 Å². The Bertz CT molecular complexity index is 47.0. The van der Waals surface area contributed by atoms with Gasteiger partial charge in [0, 0.05) is 19.5 Å². The van der Waals surface area contributed by atoms with Crippen molar-refractivity contribution in [2.24, 2.45) is 0 Å². The molecule has 0 radical (unpaired) electrons. The fourth-order valence-electron chi connectivity index (χ4n) is 0. The van der Waals surface area contributed by atoms with Crippen molar-refractivity contribution in [2.45, 2.75) is 0 Å². The minimum Gasteiger partial charge on any atom is -0.448 e. The zero-order valence-corrected chi connectivity index (χ0v) is 5.89. The summed E-state index contributed by atoms with van der Waals surface area (Å²) in [6.45, 7) is 0. The van der Waals surface area contributed by atoms with Crippen LogP contribution in [0, 0.1) is 0 Å². The van der Waals surface area contributed by atoms with E-state index in [-0.39, 0.29) is 42.5 Å². The normalized spacial score (nSPS) is 4.71. The fraction of sp³-hybridized carbons (Fsp3) is 0. The molecule has 0 fully saturated rings. The van der Waals surface area contributed by atoms with Gasteiger partial charge in [-0.2, -0.15) is 5.26 Å². The van der Waals surface area contributed by atoms with E-state index in [1.807, 2.05) is 0 Å². The molecule has 2 N–H and O–H groups in total. The SMILES string of the molecule is O=C(O)OO.[MgH2].[Zn]. The second-order valence-electron chi connectivity index (χ2n) is 0.357. The Labute approximate surface area is 68.7 Å². The summed E-state index contributed by atoms with van der Waals surface area (Å²) in [5, 5.41) is 14.3. The van der Waals surface area contributed by atoms with Gasteiger partial charge < -0.3 is 5.11 Å². The summed E-state index contributed by atoms with van der Waals surface area (Å²) >= 11 is 0. The Morgan fingerprint density at radius 2 is 1.71 bits per heavy atom. The maximum atomic E-state index is 8.90. The second-order valence-corrected chi connectivity index (χ2v) is 0.357. The molecule has 0 unspecified atom stereocenters. The predicted octanol–water partition coefficient (Wildman–Crippen LogP) is -0.765. The minimum atomic E-state index is -1.69. The standard InChI is InChI=1S/CH2O4.Mg.Zn.2H/c2-1(3)5-4;;;;/h4H,(H,2,3);;;;. The first kappa shape index (κ1) is 15.6. The van der Waals surface area contributed by atoms with Crippen LogP contribution in [0.25, 0.3) is 0 Å². The average Bonchev–Trinajstić information content (AvgIpc) is 1.38. The summed E-state index contributed by atoms with van der Waals surface area (Å²) in [7, 11) is 0. The summed E-state index contributed by atoms with van der Waals surface area (Å²) in [5.41, 5.74) is 0. The molecule has 7 heavy (non-hydrogen) atoms. The first-order valence-corrected chi connectivity index (χ1v) is 0.814. The van der Waals surface area contributed by atoms with Gasteiger partial charge in [0.25, 0.3) is 0 Å². The van der Waals surface area contributed by atoms with Crippen molar-refractivity contribution in [1.82, 2.24) is 0 Å². The van der Waals surface area contributed by atoms with Crippen molar-refractivity contribution in [3.05, 3.63) is 0 Å². The first-order chi connectivity index (χ1) is 2.27. The maximum Gasteiger partial charge on any atom is 0.537 e. The minimum absolute atomic E-state index is 0. The quantitative estimate of drug-likeness (QED) is 0.284. The molecule has 0 spiro atoms. The van der Waals surface area contributed by atoms with E-state index in [0.717, 1.165) is 0 Å². The van der Waals surface area contributed by atoms with E-state index < -0.39 is 6.16 Å². The van der Waals surface area contributed by atoms with Crippen molar-refractivity contribution in [2.75, 3.05) is 0 Å². The van der Waals surface area contributed by atoms with E-state index in [9.17, 15) is 0 Å². The van der Waals surface area contributed by atoms with Crippen molar-refractivity contribution in [3.8, 4) is 0 Å². The van der Waals surface area contributed by atoms with Gasteiger partial charge in [-0.15, -0.1) is 0 Å². The summed E-state index contributed by atoms with van der Waals surface area (Å²) < 4.78 is 0. The van der Waals surface area contributed by atoms with Crippen LogP contribution in [0.5, 0.6) is 0 Å². The molecule has 0 aliphatic carbocycles. The van der Waals surface area contributed by atoms with Crippen molar-refractivity contribution in [3.63, 3.8) is 0 Å². The number of hydrogen-bond donors (Lipinski definition) is 2. The molecule has 0 atom stereocenters. The number of carbonyl (C=O) groups is 1. The van der Waals surface area contributed by atoms with Crippen LogP contribution in [0.2, 0.25) is 0 Å². The average molecular weight is 170 g/mol. The van der Waals surface area contributed by atoms with E-state index in [2.05, 4.69) is 4.89 Å². The molecule has 0 aromatic carbocycles. The van der Waals surface area contributed by atoms with Crippen molar-refractivity contribution < 1.29 is 39.5 Å². The van der Waals surface area contributed by atoms with Crippen LogP contribution >= 0.6 is 0 Å². The zero-order chi connectivity index (χ0) is 4.28. The molecule has 0 saturated heterocycles. The molecular formula is CH4MgO4Zn. The Morgan fingerprint density at radius 1 is 1.57 bits per heavy atom. The predicted molar refractivity (Wildman–Crippen MR) is 20.3 cm³/mol. The van der Waals surface area contributed by atoms with Gasteiger partial charge in [0.15, 0.2) is 0 Å². The van der Waals surface area contributed by atoms with Crippen molar-refractivity contribution in [1.29, 1.82) is 0 Å². The summed E-state index contributed by atoms with van der Waals surface area (Å²) in [5.74, 6) is 0. The molecule has 4 nitrogen and oxygen atoms in total. The summed E-state index contributed by atoms with van der Waals surface area (Å²) in [6, 6.07) is 0. The van der Waals surface area contributed by atoms with Crippen LogP contribution in [-0.4, -0.2) is 39.6 Å². The van der Waals surface area contributed by atoms with Crippen LogP contribution in [-0.2, 0) is 24.4 Å². The van der Waals surface area contributed by atoms with Gasteiger partial charge in [0.1, 0.15) is 0 Å². The van der Waals surface area contributed by atoms with E-state index >= 15 is 0 Å². The number of rotatable bonds is 0. The molecule has 0 rings (SSSR count). The molecule has 0 aliphatic rings. The van der Waals surface area contributed by atoms with Gasteiger partial charge in [-0.3, -0.25) is 4.89 Å². The van der Waals surface area contributed by atoms with Crippen LogP contribution in [0.15, 0.2) is 0 Å². The Morgan fingerprint density at radius 3 is 1.71 bits per heavy atom. The smallest absolute Gasteiger partial charge is 0.448 e. The van der Waals surface area contributed by atoms with Crippen LogP contribution in [0.4, 0.5) is 4.79 Å². The largest absolute Gasteiger partial charge is 0.537 e. The first-order valence-electron chi connectivity index (χ1n) is 0.814. The molecule has 6 heteroatoms. The number of carboxylic acid groups (broad SMARTS) is 1. The van der Waals surface area contributed by atoms with Crippen LogP contribution in [0.1, 0.15) is 0 Å². The third-order valence-electron chi connectivity index (χ3n) is 0.0781.